The summed E-state index contributed by atoms with van der Waals surface area (Å²) in [6.07, 6.45) is 7.07. The van der Waals surface area contributed by atoms with Gasteiger partial charge in [-0.05, 0) is 38.5 Å². The third kappa shape index (κ3) is 4.75. The van der Waals surface area contributed by atoms with Gasteiger partial charge in [-0.25, -0.2) is 0 Å². The van der Waals surface area contributed by atoms with E-state index in [4.69, 9.17) is 10.5 Å². The van der Waals surface area contributed by atoms with Crippen LogP contribution >= 0.6 is 12.4 Å². The molecule has 0 radical (unpaired) electrons. The first-order valence-corrected chi connectivity index (χ1v) is 6.89. The van der Waals surface area contributed by atoms with Crippen LogP contribution < -0.4 is 11.1 Å². The minimum Gasteiger partial charge on any atom is -0.381 e. The molecule has 1 saturated carbocycles. The summed E-state index contributed by atoms with van der Waals surface area (Å²) >= 11 is 0. The number of carbonyl (C=O) groups is 1. The molecular formula is C13H25ClN2O2. The van der Waals surface area contributed by atoms with Crippen molar-refractivity contribution in [3.8, 4) is 0 Å². The zero-order valence-electron chi connectivity index (χ0n) is 10.9. The van der Waals surface area contributed by atoms with Crippen molar-refractivity contribution >= 4 is 18.3 Å². The number of amides is 1. The Bertz CT molecular complexity index is 255. The number of nitrogens with one attached hydrogen (secondary N) is 1. The van der Waals surface area contributed by atoms with Gasteiger partial charge in [-0.1, -0.05) is 6.42 Å². The standard InChI is InChI=1S/C13H24N2O2.ClH/c14-11-4-1-3-10(9-11)13(16)15-12-5-2-7-17-8-6-12;/h10-12H,1-9,14H2,(H,15,16);1H. The van der Waals surface area contributed by atoms with E-state index in [0.29, 0.717) is 6.04 Å². The Morgan fingerprint density at radius 3 is 2.72 bits per heavy atom. The Kier molecular flexibility index (Phi) is 6.97. The molecule has 5 heteroatoms. The molecule has 2 fully saturated rings. The minimum atomic E-state index is 0. The number of carbonyl (C=O) groups excluding carboxylic acids is 1. The number of ether oxygens (including phenoxy) is 1. The summed E-state index contributed by atoms with van der Waals surface area (Å²) in [6.45, 7) is 1.61. The second-order valence-corrected chi connectivity index (χ2v) is 5.37. The zero-order valence-corrected chi connectivity index (χ0v) is 11.7. The van der Waals surface area contributed by atoms with Crippen LogP contribution in [0, 0.1) is 5.92 Å². The number of nitrogens with two attached hydrogens (primary N) is 1. The first-order valence-electron chi connectivity index (χ1n) is 6.89. The van der Waals surface area contributed by atoms with Gasteiger partial charge in [0, 0.05) is 31.2 Å². The molecule has 18 heavy (non-hydrogen) atoms. The lowest BCUT2D eigenvalue weighted by Crippen LogP contribution is -2.42. The largest absolute Gasteiger partial charge is 0.381 e. The second-order valence-electron chi connectivity index (χ2n) is 5.37. The fourth-order valence-electron chi connectivity index (χ4n) is 2.83. The van der Waals surface area contributed by atoms with Gasteiger partial charge in [-0.15, -0.1) is 12.4 Å². The van der Waals surface area contributed by atoms with Gasteiger partial charge in [0.1, 0.15) is 0 Å². The molecule has 0 spiro atoms. The van der Waals surface area contributed by atoms with E-state index < -0.39 is 0 Å². The average Bonchev–Trinajstić information content (AvgIpc) is 2.57. The van der Waals surface area contributed by atoms with Gasteiger partial charge in [0.05, 0.1) is 0 Å². The highest BCUT2D eigenvalue weighted by Gasteiger charge is 2.26. The number of rotatable bonds is 2. The fraction of sp³-hybridized carbons (Fsp3) is 0.923. The van der Waals surface area contributed by atoms with Gasteiger partial charge in [0.2, 0.25) is 5.91 Å². The maximum Gasteiger partial charge on any atom is 0.223 e. The van der Waals surface area contributed by atoms with Gasteiger partial charge < -0.3 is 15.8 Å². The van der Waals surface area contributed by atoms with Crippen molar-refractivity contribution in [2.45, 2.75) is 57.0 Å². The monoisotopic (exact) mass is 276 g/mol. The predicted octanol–water partition coefficient (Wildman–Crippen LogP) is 1.61. The molecule has 1 aliphatic heterocycles. The molecule has 1 aliphatic carbocycles. The van der Waals surface area contributed by atoms with Crippen molar-refractivity contribution in [3.05, 3.63) is 0 Å². The van der Waals surface area contributed by atoms with Crippen LogP contribution in [0.1, 0.15) is 44.9 Å². The van der Waals surface area contributed by atoms with E-state index in [-0.39, 0.29) is 30.3 Å². The van der Waals surface area contributed by atoms with Crippen LogP contribution in [0.15, 0.2) is 0 Å². The maximum absolute atomic E-state index is 12.1. The van der Waals surface area contributed by atoms with Crippen LogP contribution in [-0.2, 0) is 9.53 Å². The Morgan fingerprint density at radius 2 is 1.94 bits per heavy atom. The number of hydrogen-bond acceptors (Lipinski definition) is 3. The molecule has 2 aliphatic rings. The summed E-state index contributed by atoms with van der Waals surface area (Å²) in [5.74, 6) is 0.356. The van der Waals surface area contributed by atoms with Crippen LogP contribution in [0.25, 0.3) is 0 Å². The molecule has 3 unspecified atom stereocenters. The molecular weight excluding hydrogens is 252 g/mol. The molecule has 3 atom stereocenters. The Labute approximate surface area is 115 Å². The molecule has 2 rings (SSSR count). The van der Waals surface area contributed by atoms with Gasteiger partial charge in [0.25, 0.3) is 0 Å². The van der Waals surface area contributed by atoms with Crippen LogP contribution in [0.2, 0.25) is 0 Å². The van der Waals surface area contributed by atoms with Crippen molar-refractivity contribution in [3.63, 3.8) is 0 Å². The van der Waals surface area contributed by atoms with Crippen LogP contribution in [0.3, 0.4) is 0 Å². The first-order chi connectivity index (χ1) is 8.25. The van der Waals surface area contributed by atoms with Crippen LogP contribution in [-0.4, -0.2) is 31.2 Å². The molecule has 0 aromatic heterocycles. The van der Waals surface area contributed by atoms with Crippen LogP contribution in [0.5, 0.6) is 0 Å². The summed E-state index contributed by atoms with van der Waals surface area (Å²) in [4.78, 5) is 12.1. The fourth-order valence-corrected chi connectivity index (χ4v) is 2.83. The topological polar surface area (TPSA) is 64.4 Å². The molecule has 1 heterocycles. The SMILES string of the molecule is Cl.NC1CCCC(C(=O)NC2CCCOCC2)C1. The molecule has 4 nitrogen and oxygen atoms in total. The molecule has 0 bridgehead atoms. The molecule has 3 N–H and O–H groups in total. The second kappa shape index (κ2) is 7.97. The summed E-state index contributed by atoms with van der Waals surface area (Å²) in [5.41, 5.74) is 5.92. The van der Waals surface area contributed by atoms with E-state index in [1.165, 1.54) is 0 Å². The van der Waals surface area contributed by atoms with E-state index >= 15 is 0 Å². The van der Waals surface area contributed by atoms with Gasteiger partial charge in [-0.2, -0.15) is 0 Å². The molecule has 0 aromatic rings. The normalized spacial score (nSPS) is 33.1. The van der Waals surface area contributed by atoms with Crippen molar-refractivity contribution in [2.75, 3.05) is 13.2 Å². The molecule has 1 saturated heterocycles. The quantitative estimate of drug-likeness (QED) is 0.805. The van der Waals surface area contributed by atoms with E-state index in [1.807, 2.05) is 0 Å². The van der Waals surface area contributed by atoms with E-state index in [9.17, 15) is 4.79 Å². The highest BCUT2D eigenvalue weighted by molar-refractivity contribution is 5.85. The lowest BCUT2D eigenvalue weighted by Gasteiger charge is -2.27. The third-order valence-corrected chi connectivity index (χ3v) is 3.88. The summed E-state index contributed by atoms with van der Waals surface area (Å²) in [6, 6.07) is 0.528. The Morgan fingerprint density at radius 1 is 1.11 bits per heavy atom. The highest BCUT2D eigenvalue weighted by atomic mass is 35.5. The summed E-state index contributed by atoms with van der Waals surface area (Å²) in [5, 5.41) is 3.17. The summed E-state index contributed by atoms with van der Waals surface area (Å²) < 4.78 is 5.40. The van der Waals surface area contributed by atoms with E-state index in [1.54, 1.807) is 0 Å². The number of halogens is 1. The van der Waals surface area contributed by atoms with E-state index in [0.717, 1.165) is 58.2 Å². The van der Waals surface area contributed by atoms with Crippen LogP contribution in [0.4, 0.5) is 0 Å². The molecule has 1 amide bonds. The van der Waals surface area contributed by atoms with E-state index in [2.05, 4.69) is 5.32 Å². The van der Waals surface area contributed by atoms with Crippen molar-refractivity contribution in [2.24, 2.45) is 11.7 Å². The van der Waals surface area contributed by atoms with Gasteiger partial charge >= 0.3 is 0 Å². The Hall–Kier alpha value is -0.320. The highest BCUT2D eigenvalue weighted by Crippen LogP contribution is 2.23. The molecule has 0 aromatic carbocycles. The molecule has 106 valence electrons. The maximum atomic E-state index is 12.1. The van der Waals surface area contributed by atoms with Crippen molar-refractivity contribution in [1.29, 1.82) is 0 Å². The van der Waals surface area contributed by atoms with Gasteiger partial charge in [-0.3, -0.25) is 4.79 Å². The zero-order chi connectivity index (χ0) is 12.1. The van der Waals surface area contributed by atoms with Gasteiger partial charge in [0.15, 0.2) is 0 Å². The third-order valence-electron chi connectivity index (χ3n) is 3.88. The van der Waals surface area contributed by atoms with Crippen molar-refractivity contribution < 1.29 is 9.53 Å². The average molecular weight is 277 g/mol. The van der Waals surface area contributed by atoms with Crippen molar-refractivity contribution in [1.82, 2.24) is 5.32 Å². The lowest BCUT2D eigenvalue weighted by molar-refractivity contribution is -0.126. The Balaban J connectivity index is 0.00000162. The number of hydrogen-bond donors (Lipinski definition) is 2. The predicted molar refractivity (Wildman–Crippen MR) is 73.8 cm³/mol. The summed E-state index contributed by atoms with van der Waals surface area (Å²) in [7, 11) is 0. The smallest absolute Gasteiger partial charge is 0.223 e. The lowest BCUT2D eigenvalue weighted by atomic mass is 9.85. The first kappa shape index (κ1) is 15.7. The minimum absolute atomic E-state index is 0.